The number of nitrogens with one attached hydrogen (secondary N) is 1. The molecule has 0 fully saturated rings. The van der Waals surface area contributed by atoms with Gasteiger partial charge in [-0.2, -0.15) is 0 Å². The molecule has 2 rings (SSSR count). The van der Waals surface area contributed by atoms with E-state index in [2.05, 4.69) is 15.5 Å². The van der Waals surface area contributed by atoms with E-state index in [4.69, 9.17) is 9.15 Å². The summed E-state index contributed by atoms with van der Waals surface area (Å²) in [6, 6.07) is 7.59. The molecule has 1 N–H and O–H groups in total. The zero-order valence-electron chi connectivity index (χ0n) is 13.1. The normalized spacial score (nSPS) is 12.0. The quantitative estimate of drug-likeness (QED) is 0.850. The summed E-state index contributed by atoms with van der Waals surface area (Å²) in [4.78, 5) is 11.7. The number of rotatable bonds is 7. The lowest BCUT2D eigenvalue weighted by atomic mass is 10.2. The molecule has 118 valence electrons. The van der Waals surface area contributed by atoms with Crippen molar-refractivity contribution in [3.63, 3.8) is 0 Å². The molecule has 1 aromatic carbocycles. The number of amides is 1. The van der Waals surface area contributed by atoms with Crippen molar-refractivity contribution < 1.29 is 13.9 Å². The Morgan fingerprint density at radius 3 is 2.95 bits per heavy atom. The van der Waals surface area contributed by atoms with Crippen LogP contribution in [0.5, 0.6) is 5.75 Å². The number of ether oxygens (including phenoxy) is 1. The van der Waals surface area contributed by atoms with E-state index in [1.807, 2.05) is 38.1 Å². The maximum absolute atomic E-state index is 11.7. The Hall–Kier alpha value is -2.37. The monoisotopic (exact) mass is 303 g/mol. The smallest absolute Gasteiger partial charge is 0.247 e. The number of hydrogen-bond acceptors (Lipinski definition) is 5. The average Bonchev–Trinajstić information content (AvgIpc) is 3.02. The van der Waals surface area contributed by atoms with Gasteiger partial charge in [0.1, 0.15) is 5.75 Å². The van der Waals surface area contributed by atoms with Crippen LogP contribution >= 0.6 is 0 Å². The zero-order valence-corrected chi connectivity index (χ0v) is 13.1. The molecule has 2 aromatic rings. The van der Waals surface area contributed by atoms with Crippen molar-refractivity contribution in [1.29, 1.82) is 0 Å². The molecule has 0 bridgehead atoms. The average molecular weight is 303 g/mol. The number of nitrogens with zero attached hydrogens (tertiary/aromatic N) is 2. The first-order valence-corrected chi connectivity index (χ1v) is 7.38. The van der Waals surface area contributed by atoms with Gasteiger partial charge in [-0.15, -0.1) is 10.2 Å². The molecule has 0 aliphatic rings. The second-order valence-electron chi connectivity index (χ2n) is 5.11. The van der Waals surface area contributed by atoms with E-state index in [0.29, 0.717) is 24.6 Å². The molecule has 1 unspecified atom stereocenters. The lowest BCUT2D eigenvalue weighted by molar-refractivity contribution is -0.121. The summed E-state index contributed by atoms with van der Waals surface area (Å²) >= 11 is 0. The van der Waals surface area contributed by atoms with Crippen molar-refractivity contribution in [3.8, 4) is 17.2 Å². The van der Waals surface area contributed by atoms with Crippen molar-refractivity contribution in [2.75, 3.05) is 7.11 Å². The second kappa shape index (κ2) is 7.59. The molecule has 6 heteroatoms. The number of aromatic nitrogens is 2. The molecule has 0 saturated heterocycles. The van der Waals surface area contributed by atoms with Crippen molar-refractivity contribution in [3.05, 3.63) is 30.2 Å². The number of aryl methyl sites for hydroxylation is 1. The maximum atomic E-state index is 11.7. The van der Waals surface area contributed by atoms with Gasteiger partial charge in [-0.05, 0) is 31.5 Å². The summed E-state index contributed by atoms with van der Waals surface area (Å²) < 4.78 is 10.8. The first-order chi connectivity index (χ1) is 10.6. The molecule has 1 aromatic heterocycles. The van der Waals surface area contributed by atoms with Crippen molar-refractivity contribution in [2.24, 2.45) is 0 Å². The van der Waals surface area contributed by atoms with Crippen LogP contribution in [0.2, 0.25) is 0 Å². The van der Waals surface area contributed by atoms with Gasteiger partial charge in [0.05, 0.1) is 7.11 Å². The van der Waals surface area contributed by atoms with E-state index >= 15 is 0 Å². The van der Waals surface area contributed by atoms with Gasteiger partial charge in [-0.3, -0.25) is 4.79 Å². The van der Waals surface area contributed by atoms with E-state index in [1.165, 1.54) is 0 Å². The van der Waals surface area contributed by atoms with Crippen LogP contribution in [0.15, 0.2) is 28.7 Å². The first-order valence-electron chi connectivity index (χ1n) is 7.38. The van der Waals surface area contributed by atoms with Crippen molar-refractivity contribution in [1.82, 2.24) is 15.5 Å². The van der Waals surface area contributed by atoms with Crippen molar-refractivity contribution in [2.45, 2.75) is 39.2 Å². The van der Waals surface area contributed by atoms with Gasteiger partial charge < -0.3 is 14.5 Å². The lowest BCUT2D eigenvalue weighted by Gasteiger charge is -2.10. The van der Waals surface area contributed by atoms with Gasteiger partial charge in [-0.25, -0.2) is 0 Å². The Bertz CT molecular complexity index is 625. The van der Waals surface area contributed by atoms with Crippen LogP contribution in [0, 0.1) is 0 Å². The van der Waals surface area contributed by atoms with E-state index in [0.717, 1.165) is 17.7 Å². The molecule has 1 amide bonds. The Kier molecular flexibility index (Phi) is 5.52. The van der Waals surface area contributed by atoms with Crippen molar-refractivity contribution >= 4 is 5.91 Å². The van der Waals surface area contributed by atoms with Gasteiger partial charge in [0, 0.05) is 24.4 Å². The molecule has 0 aliphatic heterocycles. The van der Waals surface area contributed by atoms with Crippen LogP contribution < -0.4 is 10.1 Å². The fourth-order valence-electron chi connectivity index (χ4n) is 1.90. The Balaban J connectivity index is 1.95. The summed E-state index contributed by atoms with van der Waals surface area (Å²) in [5.74, 6) is 1.61. The largest absolute Gasteiger partial charge is 0.497 e. The number of hydrogen-bond donors (Lipinski definition) is 1. The maximum Gasteiger partial charge on any atom is 0.247 e. The Morgan fingerprint density at radius 1 is 1.41 bits per heavy atom. The van der Waals surface area contributed by atoms with E-state index in [-0.39, 0.29) is 11.9 Å². The predicted octanol–water partition coefficient (Wildman–Crippen LogP) is 2.59. The van der Waals surface area contributed by atoms with E-state index in [1.54, 1.807) is 7.11 Å². The molecule has 0 radical (unpaired) electrons. The highest BCUT2D eigenvalue weighted by Crippen LogP contribution is 2.22. The van der Waals surface area contributed by atoms with E-state index in [9.17, 15) is 4.79 Å². The Labute approximate surface area is 129 Å². The number of carbonyl (C=O) groups excluding carboxylic acids is 1. The topological polar surface area (TPSA) is 77.2 Å². The number of benzene rings is 1. The summed E-state index contributed by atoms with van der Waals surface area (Å²) in [7, 11) is 1.61. The molecular weight excluding hydrogens is 282 g/mol. The first kappa shape index (κ1) is 16.0. The summed E-state index contributed by atoms with van der Waals surface area (Å²) in [5.41, 5.74) is 0.794. The highest BCUT2D eigenvalue weighted by molar-refractivity contribution is 5.76. The third kappa shape index (κ3) is 4.31. The fourth-order valence-corrected chi connectivity index (χ4v) is 1.90. The second-order valence-corrected chi connectivity index (χ2v) is 5.11. The van der Waals surface area contributed by atoms with Crippen LogP contribution in [0.4, 0.5) is 0 Å². The summed E-state index contributed by atoms with van der Waals surface area (Å²) in [6.45, 7) is 4.01. The molecule has 0 saturated carbocycles. The third-order valence-electron chi connectivity index (χ3n) is 3.37. The van der Waals surface area contributed by atoms with Gasteiger partial charge in [-0.1, -0.05) is 13.0 Å². The molecule has 22 heavy (non-hydrogen) atoms. The van der Waals surface area contributed by atoms with Gasteiger partial charge in [0.2, 0.25) is 17.7 Å². The van der Waals surface area contributed by atoms with Gasteiger partial charge >= 0.3 is 0 Å². The lowest BCUT2D eigenvalue weighted by Crippen LogP contribution is -2.32. The standard InChI is InChI=1S/C16H21N3O3/c1-4-11(2)17-14(20)8-9-15-18-19-16(22-15)12-6-5-7-13(10-12)21-3/h5-7,10-11H,4,8-9H2,1-3H3,(H,17,20). The minimum absolute atomic E-state index is 0.00418. The molecule has 6 nitrogen and oxygen atoms in total. The van der Waals surface area contributed by atoms with Gasteiger partial charge in [0.15, 0.2) is 0 Å². The number of methoxy groups -OCH3 is 1. The molecule has 0 spiro atoms. The molecule has 1 atom stereocenters. The van der Waals surface area contributed by atoms with Crippen LogP contribution in [0.1, 0.15) is 32.6 Å². The minimum Gasteiger partial charge on any atom is -0.497 e. The zero-order chi connectivity index (χ0) is 15.9. The summed E-state index contributed by atoms with van der Waals surface area (Å²) in [6.07, 6.45) is 1.68. The van der Waals surface area contributed by atoms with Crippen LogP contribution in [-0.4, -0.2) is 29.3 Å². The highest BCUT2D eigenvalue weighted by atomic mass is 16.5. The fraction of sp³-hybridized carbons (Fsp3) is 0.438. The molecular formula is C16H21N3O3. The molecule has 0 aliphatic carbocycles. The SMILES string of the molecule is CCC(C)NC(=O)CCc1nnc(-c2cccc(OC)c2)o1. The predicted molar refractivity (Wildman–Crippen MR) is 82.5 cm³/mol. The number of carbonyl (C=O) groups is 1. The molecule has 1 heterocycles. The van der Waals surface area contributed by atoms with E-state index < -0.39 is 0 Å². The van der Waals surface area contributed by atoms with Crippen LogP contribution in [0.25, 0.3) is 11.5 Å². The third-order valence-corrected chi connectivity index (χ3v) is 3.37. The van der Waals surface area contributed by atoms with Crippen LogP contribution in [-0.2, 0) is 11.2 Å². The minimum atomic E-state index is -0.00418. The van der Waals surface area contributed by atoms with Crippen LogP contribution in [0.3, 0.4) is 0 Å². The Morgan fingerprint density at radius 2 is 2.23 bits per heavy atom. The van der Waals surface area contributed by atoms with Gasteiger partial charge in [0.25, 0.3) is 0 Å². The summed E-state index contributed by atoms with van der Waals surface area (Å²) in [5, 5.41) is 10.9. The highest BCUT2D eigenvalue weighted by Gasteiger charge is 2.12.